The standard InChI is InChI=1S/C21H23N3O2/c1-14(2)17-11-7-8-12-19(17)22-20(25)13-18(16-9-5-4-6-10-16)21-24-23-15(3)26-21/h4-12,14,18H,13H2,1-3H3,(H,22,25). The molecule has 2 aromatic carbocycles. The lowest BCUT2D eigenvalue weighted by Crippen LogP contribution is -2.17. The largest absolute Gasteiger partial charge is 0.425 e. The minimum Gasteiger partial charge on any atom is -0.425 e. The van der Waals surface area contributed by atoms with Gasteiger partial charge in [-0.25, -0.2) is 0 Å². The van der Waals surface area contributed by atoms with Gasteiger partial charge in [0.15, 0.2) is 0 Å². The van der Waals surface area contributed by atoms with E-state index in [-0.39, 0.29) is 18.2 Å². The Labute approximate surface area is 153 Å². The molecule has 0 aliphatic carbocycles. The van der Waals surface area contributed by atoms with E-state index in [2.05, 4.69) is 29.4 Å². The van der Waals surface area contributed by atoms with Gasteiger partial charge in [0.1, 0.15) is 0 Å². The van der Waals surface area contributed by atoms with Crippen molar-refractivity contribution < 1.29 is 9.21 Å². The number of hydrogen-bond acceptors (Lipinski definition) is 4. The number of aryl methyl sites for hydroxylation is 1. The van der Waals surface area contributed by atoms with Gasteiger partial charge in [-0.1, -0.05) is 62.4 Å². The normalized spacial score (nSPS) is 12.2. The lowest BCUT2D eigenvalue weighted by molar-refractivity contribution is -0.116. The van der Waals surface area contributed by atoms with Crippen molar-refractivity contribution in [1.82, 2.24) is 10.2 Å². The first-order valence-electron chi connectivity index (χ1n) is 8.78. The summed E-state index contributed by atoms with van der Waals surface area (Å²) in [5, 5.41) is 11.1. The molecule has 1 aromatic heterocycles. The number of nitrogens with zero attached hydrogens (tertiary/aromatic N) is 2. The molecule has 0 aliphatic rings. The van der Waals surface area contributed by atoms with Crippen LogP contribution in [0.3, 0.4) is 0 Å². The molecule has 0 bridgehead atoms. The fraction of sp³-hybridized carbons (Fsp3) is 0.286. The highest BCUT2D eigenvalue weighted by Crippen LogP contribution is 2.29. The summed E-state index contributed by atoms with van der Waals surface area (Å²) >= 11 is 0. The minimum atomic E-state index is -0.274. The Bertz CT molecular complexity index is 872. The van der Waals surface area contributed by atoms with Gasteiger partial charge in [-0.3, -0.25) is 4.79 Å². The van der Waals surface area contributed by atoms with Gasteiger partial charge >= 0.3 is 0 Å². The predicted molar refractivity (Wildman–Crippen MR) is 101 cm³/mol. The lowest BCUT2D eigenvalue weighted by atomic mass is 9.95. The van der Waals surface area contributed by atoms with Crippen LogP contribution in [0.4, 0.5) is 5.69 Å². The summed E-state index contributed by atoms with van der Waals surface area (Å²) in [4.78, 5) is 12.8. The number of anilines is 1. The number of hydrogen-bond donors (Lipinski definition) is 1. The van der Waals surface area contributed by atoms with E-state index in [9.17, 15) is 4.79 Å². The van der Waals surface area contributed by atoms with Crippen molar-refractivity contribution >= 4 is 11.6 Å². The molecule has 0 aliphatic heterocycles. The summed E-state index contributed by atoms with van der Waals surface area (Å²) in [6.45, 7) is 5.97. The van der Waals surface area contributed by atoms with E-state index in [0.717, 1.165) is 16.8 Å². The molecule has 0 saturated heterocycles. The molecule has 134 valence electrons. The van der Waals surface area contributed by atoms with Gasteiger partial charge in [-0.15, -0.1) is 10.2 Å². The molecule has 0 radical (unpaired) electrons. The Morgan fingerprint density at radius 3 is 2.38 bits per heavy atom. The van der Waals surface area contributed by atoms with E-state index in [1.807, 2.05) is 54.6 Å². The number of nitrogens with one attached hydrogen (secondary N) is 1. The molecular weight excluding hydrogens is 326 g/mol. The summed E-state index contributed by atoms with van der Waals surface area (Å²) in [5.74, 6) is 0.925. The van der Waals surface area contributed by atoms with Crippen LogP contribution < -0.4 is 5.32 Å². The number of benzene rings is 2. The van der Waals surface area contributed by atoms with Crippen molar-refractivity contribution in [2.24, 2.45) is 0 Å². The average Bonchev–Trinajstić information content (AvgIpc) is 3.07. The average molecular weight is 349 g/mol. The van der Waals surface area contributed by atoms with Crippen molar-refractivity contribution in [3.8, 4) is 0 Å². The zero-order valence-electron chi connectivity index (χ0n) is 15.3. The first kappa shape index (κ1) is 17.9. The van der Waals surface area contributed by atoms with Gasteiger partial charge < -0.3 is 9.73 Å². The van der Waals surface area contributed by atoms with Gasteiger partial charge in [0.25, 0.3) is 0 Å². The third-order valence-corrected chi connectivity index (χ3v) is 4.29. The van der Waals surface area contributed by atoms with Crippen molar-refractivity contribution in [3.05, 3.63) is 77.5 Å². The minimum absolute atomic E-state index is 0.0807. The number of rotatable bonds is 6. The van der Waals surface area contributed by atoms with Crippen molar-refractivity contribution in [1.29, 1.82) is 0 Å². The summed E-state index contributed by atoms with van der Waals surface area (Å²) in [7, 11) is 0. The Balaban J connectivity index is 1.82. The van der Waals surface area contributed by atoms with Gasteiger partial charge in [0.2, 0.25) is 17.7 Å². The lowest BCUT2D eigenvalue weighted by Gasteiger charge is -2.16. The molecular formula is C21H23N3O2. The van der Waals surface area contributed by atoms with Gasteiger partial charge in [-0.05, 0) is 23.1 Å². The van der Waals surface area contributed by atoms with Crippen LogP contribution in [0, 0.1) is 6.92 Å². The van der Waals surface area contributed by atoms with E-state index in [0.29, 0.717) is 17.7 Å². The van der Waals surface area contributed by atoms with E-state index >= 15 is 0 Å². The monoisotopic (exact) mass is 349 g/mol. The predicted octanol–water partition coefficient (Wildman–Crippen LogP) is 4.66. The molecule has 1 amide bonds. The molecule has 26 heavy (non-hydrogen) atoms. The number of aromatic nitrogens is 2. The topological polar surface area (TPSA) is 68.0 Å². The molecule has 5 heteroatoms. The van der Waals surface area contributed by atoms with E-state index in [1.54, 1.807) is 6.92 Å². The van der Waals surface area contributed by atoms with Crippen molar-refractivity contribution in [2.75, 3.05) is 5.32 Å². The highest BCUT2D eigenvalue weighted by molar-refractivity contribution is 5.92. The molecule has 3 rings (SSSR count). The van der Waals surface area contributed by atoms with E-state index < -0.39 is 0 Å². The van der Waals surface area contributed by atoms with Crippen LogP contribution in [0.5, 0.6) is 0 Å². The Morgan fingerprint density at radius 2 is 1.73 bits per heavy atom. The van der Waals surface area contributed by atoms with Crippen LogP contribution >= 0.6 is 0 Å². The Kier molecular flexibility index (Phi) is 5.46. The van der Waals surface area contributed by atoms with E-state index in [4.69, 9.17) is 4.42 Å². The van der Waals surface area contributed by atoms with Gasteiger partial charge in [0.05, 0.1) is 5.92 Å². The molecule has 0 fully saturated rings. The van der Waals surface area contributed by atoms with Crippen molar-refractivity contribution in [2.45, 2.75) is 39.0 Å². The SMILES string of the molecule is Cc1nnc(C(CC(=O)Nc2ccccc2C(C)C)c2ccccc2)o1. The zero-order valence-corrected chi connectivity index (χ0v) is 15.3. The molecule has 1 atom stereocenters. The second-order valence-corrected chi connectivity index (χ2v) is 6.62. The fourth-order valence-electron chi connectivity index (χ4n) is 2.99. The summed E-state index contributed by atoms with van der Waals surface area (Å²) < 4.78 is 5.61. The van der Waals surface area contributed by atoms with Crippen LogP contribution in [-0.4, -0.2) is 16.1 Å². The molecule has 3 aromatic rings. The second-order valence-electron chi connectivity index (χ2n) is 6.62. The second kappa shape index (κ2) is 7.95. The molecule has 5 nitrogen and oxygen atoms in total. The summed E-state index contributed by atoms with van der Waals surface area (Å²) in [6, 6.07) is 17.7. The van der Waals surface area contributed by atoms with Crippen LogP contribution in [0.25, 0.3) is 0 Å². The number of carbonyl (C=O) groups is 1. The van der Waals surface area contributed by atoms with Crippen LogP contribution in [0.1, 0.15) is 55.0 Å². The van der Waals surface area contributed by atoms with Crippen molar-refractivity contribution in [3.63, 3.8) is 0 Å². The molecule has 0 saturated carbocycles. The smallest absolute Gasteiger partial charge is 0.225 e. The van der Waals surface area contributed by atoms with Gasteiger partial charge in [-0.2, -0.15) is 0 Å². The highest BCUT2D eigenvalue weighted by Gasteiger charge is 2.24. The summed E-state index contributed by atoms with van der Waals surface area (Å²) in [5.41, 5.74) is 2.94. The first-order valence-corrected chi connectivity index (χ1v) is 8.78. The van der Waals surface area contributed by atoms with Crippen LogP contribution in [0.15, 0.2) is 59.0 Å². The Morgan fingerprint density at radius 1 is 1.04 bits per heavy atom. The van der Waals surface area contributed by atoms with Crippen LogP contribution in [0.2, 0.25) is 0 Å². The first-order chi connectivity index (χ1) is 12.5. The maximum absolute atomic E-state index is 12.8. The number of amides is 1. The Hall–Kier alpha value is -2.95. The third kappa shape index (κ3) is 4.17. The molecule has 1 N–H and O–H groups in total. The van der Waals surface area contributed by atoms with E-state index in [1.165, 1.54) is 0 Å². The molecule has 1 unspecified atom stereocenters. The zero-order chi connectivity index (χ0) is 18.5. The maximum Gasteiger partial charge on any atom is 0.225 e. The van der Waals surface area contributed by atoms with Gasteiger partial charge in [0, 0.05) is 19.0 Å². The molecule has 0 spiro atoms. The molecule has 1 heterocycles. The summed E-state index contributed by atoms with van der Waals surface area (Å²) in [6.07, 6.45) is 0.234. The fourth-order valence-corrected chi connectivity index (χ4v) is 2.99. The quantitative estimate of drug-likeness (QED) is 0.702. The maximum atomic E-state index is 12.8. The third-order valence-electron chi connectivity index (χ3n) is 4.29. The highest BCUT2D eigenvalue weighted by atomic mass is 16.4. The number of para-hydroxylation sites is 1. The number of carbonyl (C=O) groups excluding carboxylic acids is 1. The van der Waals surface area contributed by atoms with Crippen LogP contribution in [-0.2, 0) is 4.79 Å².